The molecule has 36 heavy (non-hydrogen) atoms. The molecule has 0 radical (unpaired) electrons. The number of hydrogen-bond acceptors (Lipinski definition) is 5. The molecule has 6 heteroatoms. The zero-order chi connectivity index (χ0) is 25.8. The number of carbonyl (C=O) groups is 2. The van der Waals surface area contributed by atoms with E-state index in [1.165, 1.54) is 16.2 Å². The summed E-state index contributed by atoms with van der Waals surface area (Å²) in [6, 6.07) is 20.1. The van der Waals surface area contributed by atoms with Crippen LogP contribution in [0, 0.1) is 13.8 Å². The van der Waals surface area contributed by atoms with Crippen LogP contribution in [0.5, 0.6) is 0 Å². The zero-order valence-electron chi connectivity index (χ0n) is 21.0. The van der Waals surface area contributed by atoms with Gasteiger partial charge in [-0.15, -0.1) is 0 Å². The lowest BCUT2D eigenvalue weighted by molar-refractivity contribution is -0.132. The standard InChI is InChI=1S/C30H28N2O3S/c1-17-15-18(2)24-22(16-17)36-29(31-24)32-25(19-11-13-21(14-12-19)30(3,4)5)23(27(34)28(32)35)26(33)20-9-7-6-8-10-20/h6-16,25,33H,1-5H3. The highest BCUT2D eigenvalue weighted by Crippen LogP contribution is 2.45. The third-order valence-electron chi connectivity index (χ3n) is 6.61. The van der Waals surface area contributed by atoms with Crippen LogP contribution in [-0.2, 0) is 15.0 Å². The minimum Gasteiger partial charge on any atom is -0.507 e. The van der Waals surface area contributed by atoms with Crippen molar-refractivity contribution in [1.29, 1.82) is 0 Å². The van der Waals surface area contributed by atoms with Gasteiger partial charge in [0.05, 0.1) is 21.8 Å². The van der Waals surface area contributed by atoms with Crippen molar-refractivity contribution in [2.24, 2.45) is 0 Å². The van der Waals surface area contributed by atoms with Gasteiger partial charge in [0.25, 0.3) is 5.78 Å². The molecule has 1 aliphatic rings. The first-order chi connectivity index (χ1) is 17.1. The maximum atomic E-state index is 13.5. The predicted molar refractivity (Wildman–Crippen MR) is 145 cm³/mol. The van der Waals surface area contributed by atoms with Crippen LogP contribution in [0.25, 0.3) is 16.0 Å². The number of Topliss-reactive ketones (excluding diaryl/α,β-unsaturated/α-hetero) is 1. The van der Waals surface area contributed by atoms with Crippen molar-refractivity contribution in [1.82, 2.24) is 4.98 Å². The summed E-state index contributed by atoms with van der Waals surface area (Å²) < 4.78 is 0.953. The molecule has 0 bridgehead atoms. The lowest BCUT2D eigenvalue weighted by Gasteiger charge is -2.24. The SMILES string of the molecule is Cc1cc(C)c2nc(N3C(=O)C(=O)C(=C(O)c4ccccc4)C3c3ccc(C(C)(C)C)cc3)sc2c1. The Morgan fingerprint density at radius 3 is 2.28 bits per heavy atom. The molecule has 1 aromatic heterocycles. The van der Waals surface area contributed by atoms with E-state index in [2.05, 4.69) is 26.8 Å². The zero-order valence-corrected chi connectivity index (χ0v) is 21.8. The molecule has 1 unspecified atom stereocenters. The summed E-state index contributed by atoms with van der Waals surface area (Å²) in [6.45, 7) is 10.4. The number of hydrogen-bond donors (Lipinski definition) is 1. The predicted octanol–water partition coefficient (Wildman–Crippen LogP) is 6.84. The largest absolute Gasteiger partial charge is 0.507 e. The fourth-order valence-corrected chi connectivity index (χ4v) is 5.89. The number of rotatable bonds is 3. The third kappa shape index (κ3) is 4.01. The van der Waals surface area contributed by atoms with Gasteiger partial charge in [0.15, 0.2) is 5.13 Å². The van der Waals surface area contributed by atoms with Gasteiger partial charge < -0.3 is 5.11 Å². The highest BCUT2D eigenvalue weighted by molar-refractivity contribution is 7.22. The Bertz CT molecular complexity index is 1530. The average Bonchev–Trinajstić information content (AvgIpc) is 3.37. The van der Waals surface area contributed by atoms with Crippen LogP contribution >= 0.6 is 11.3 Å². The lowest BCUT2D eigenvalue weighted by Crippen LogP contribution is -2.29. The van der Waals surface area contributed by atoms with Crippen LogP contribution in [0.4, 0.5) is 5.13 Å². The molecule has 1 N–H and O–H groups in total. The molecule has 182 valence electrons. The van der Waals surface area contributed by atoms with Crippen molar-refractivity contribution >= 4 is 44.1 Å². The van der Waals surface area contributed by atoms with Crippen LogP contribution < -0.4 is 4.90 Å². The number of thiazole rings is 1. The first-order valence-electron chi connectivity index (χ1n) is 11.9. The molecule has 1 fully saturated rings. The molecule has 1 saturated heterocycles. The van der Waals surface area contributed by atoms with Gasteiger partial charge in [-0.1, -0.05) is 92.8 Å². The van der Waals surface area contributed by atoms with Crippen molar-refractivity contribution in [2.45, 2.75) is 46.1 Å². The second kappa shape index (κ2) is 8.71. The van der Waals surface area contributed by atoms with Crippen LogP contribution in [0.15, 0.2) is 72.3 Å². The van der Waals surface area contributed by atoms with Crippen molar-refractivity contribution in [3.8, 4) is 0 Å². The molecule has 0 saturated carbocycles. The highest BCUT2D eigenvalue weighted by Gasteiger charge is 2.48. The lowest BCUT2D eigenvalue weighted by atomic mass is 9.85. The summed E-state index contributed by atoms with van der Waals surface area (Å²) >= 11 is 1.38. The Morgan fingerprint density at radius 1 is 0.972 bits per heavy atom. The summed E-state index contributed by atoms with van der Waals surface area (Å²) in [5.41, 5.74) is 5.32. The molecule has 1 amide bonds. The van der Waals surface area contributed by atoms with Crippen molar-refractivity contribution in [2.75, 3.05) is 4.90 Å². The number of aliphatic hydroxyl groups is 1. The Balaban J connectivity index is 1.73. The first-order valence-corrected chi connectivity index (χ1v) is 12.7. The van der Waals surface area contributed by atoms with Crippen molar-refractivity contribution < 1.29 is 14.7 Å². The fraction of sp³-hybridized carbons (Fsp3) is 0.233. The topological polar surface area (TPSA) is 70.5 Å². The minimum absolute atomic E-state index is 0.0488. The van der Waals surface area contributed by atoms with Gasteiger partial charge in [-0.25, -0.2) is 4.98 Å². The number of amides is 1. The normalized spacial score (nSPS) is 17.8. The van der Waals surface area contributed by atoms with E-state index in [-0.39, 0.29) is 16.7 Å². The molecule has 1 aliphatic heterocycles. The summed E-state index contributed by atoms with van der Waals surface area (Å²) in [4.78, 5) is 33.1. The van der Waals surface area contributed by atoms with Gasteiger partial charge >= 0.3 is 5.91 Å². The maximum Gasteiger partial charge on any atom is 0.301 e. The monoisotopic (exact) mass is 496 g/mol. The summed E-state index contributed by atoms with van der Waals surface area (Å²) in [7, 11) is 0. The molecule has 2 heterocycles. The molecular formula is C30H28N2O3S. The van der Waals surface area contributed by atoms with E-state index in [1.807, 2.05) is 50.2 Å². The van der Waals surface area contributed by atoms with Crippen molar-refractivity contribution in [3.05, 3.63) is 100 Å². The molecule has 0 aliphatic carbocycles. The molecule has 0 spiro atoms. The van der Waals surface area contributed by atoms with E-state index in [1.54, 1.807) is 24.3 Å². The van der Waals surface area contributed by atoms with Crippen LogP contribution in [0.1, 0.15) is 54.6 Å². The van der Waals surface area contributed by atoms with Crippen molar-refractivity contribution in [3.63, 3.8) is 0 Å². The summed E-state index contributed by atoms with van der Waals surface area (Å²) in [5.74, 6) is -1.59. The van der Waals surface area contributed by atoms with E-state index in [0.717, 1.165) is 32.5 Å². The van der Waals surface area contributed by atoms with E-state index in [4.69, 9.17) is 4.98 Å². The Morgan fingerprint density at radius 2 is 1.64 bits per heavy atom. The van der Waals surface area contributed by atoms with Gasteiger partial charge in [-0.05, 0) is 47.6 Å². The Labute approximate surface area is 214 Å². The van der Waals surface area contributed by atoms with E-state index in [0.29, 0.717) is 10.7 Å². The number of benzene rings is 3. The highest BCUT2D eigenvalue weighted by atomic mass is 32.1. The number of anilines is 1. The maximum absolute atomic E-state index is 13.5. The quantitative estimate of drug-likeness (QED) is 0.192. The summed E-state index contributed by atoms with van der Waals surface area (Å²) in [5, 5.41) is 11.7. The van der Waals surface area contributed by atoms with Crippen LogP contribution in [0.3, 0.4) is 0 Å². The molecule has 5 nitrogen and oxygen atoms in total. The number of ketones is 1. The van der Waals surface area contributed by atoms with Crippen LogP contribution in [-0.4, -0.2) is 21.8 Å². The molecule has 1 atom stereocenters. The smallest absolute Gasteiger partial charge is 0.301 e. The second-order valence-electron chi connectivity index (χ2n) is 10.3. The Hall–Kier alpha value is -3.77. The molecule has 5 rings (SSSR count). The third-order valence-corrected chi connectivity index (χ3v) is 7.61. The molecule has 4 aromatic rings. The van der Waals surface area contributed by atoms with Gasteiger partial charge in [0.2, 0.25) is 0 Å². The van der Waals surface area contributed by atoms with E-state index >= 15 is 0 Å². The van der Waals surface area contributed by atoms with Crippen LogP contribution in [0.2, 0.25) is 0 Å². The number of fused-ring (bicyclic) bond motifs is 1. The van der Waals surface area contributed by atoms with Gasteiger partial charge in [-0.2, -0.15) is 0 Å². The first kappa shape index (κ1) is 23.9. The number of aromatic nitrogens is 1. The van der Waals surface area contributed by atoms with Gasteiger partial charge in [-0.3, -0.25) is 14.5 Å². The number of aliphatic hydroxyl groups excluding tert-OH is 1. The van der Waals surface area contributed by atoms with Gasteiger partial charge in [0.1, 0.15) is 5.76 Å². The number of nitrogens with zero attached hydrogens (tertiary/aromatic N) is 2. The van der Waals surface area contributed by atoms with E-state index < -0.39 is 17.7 Å². The molecule has 3 aromatic carbocycles. The average molecular weight is 497 g/mol. The van der Waals surface area contributed by atoms with E-state index in [9.17, 15) is 14.7 Å². The van der Waals surface area contributed by atoms with Gasteiger partial charge in [0, 0.05) is 5.56 Å². The summed E-state index contributed by atoms with van der Waals surface area (Å²) in [6.07, 6.45) is 0. The fourth-order valence-electron chi connectivity index (χ4n) is 4.72. The second-order valence-corrected chi connectivity index (χ2v) is 11.3. The minimum atomic E-state index is -0.791. The number of aryl methyl sites for hydroxylation is 2. The molecular weight excluding hydrogens is 468 g/mol. The number of carbonyl (C=O) groups excluding carboxylic acids is 2. The Kier molecular flexibility index (Phi) is 5.80.